The first-order valence-corrected chi connectivity index (χ1v) is 7.28. The number of aliphatic hydroxyl groups excluding tert-OH is 1. The molecule has 0 saturated carbocycles. The average molecular weight is 267 g/mol. The van der Waals surface area contributed by atoms with Crippen LogP contribution in [0.2, 0.25) is 0 Å². The first-order valence-electron chi connectivity index (χ1n) is 7.28. The molecule has 19 heavy (non-hydrogen) atoms. The zero-order valence-electron chi connectivity index (χ0n) is 12.2. The Balaban J connectivity index is 1.80. The monoisotopic (exact) mass is 267 g/mol. The Morgan fingerprint density at radius 1 is 1.32 bits per heavy atom. The van der Waals surface area contributed by atoms with Gasteiger partial charge in [0.15, 0.2) is 5.82 Å². The lowest BCUT2D eigenvalue weighted by atomic mass is 9.93. The van der Waals surface area contributed by atoms with Crippen LogP contribution in [-0.4, -0.2) is 45.4 Å². The minimum absolute atomic E-state index is 0.428. The van der Waals surface area contributed by atoms with Crippen LogP contribution in [0, 0.1) is 5.92 Å². The van der Waals surface area contributed by atoms with Crippen molar-refractivity contribution in [2.24, 2.45) is 5.92 Å². The van der Waals surface area contributed by atoms with Crippen molar-refractivity contribution < 1.29 is 9.63 Å². The summed E-state index contributed by atoms with van der Waals surface area (Å²) in [7, 11) is 0. The van der Waals surface area contributed by atoms with E-state index >= 15 is 0 Å². The molecule has 0 radical (unpaired) electrons. The molecule has 2 heterocycles. The molecule has 1 aromatic rings. The summed E-state index contributed by atoms with van der Waals surface area (Å²) in [6.07, 6.45) is 3.33. The number of likely N-dealkylation sites (tertiary alicyclic amines) is 1. The van der Waals surface area contributed by atoms with Crippen LogP contribution in [0.1, 0.15) is 45.3 Å². The van der Waals surface area contributed by atoms with Crippen molar-refractivity contribution in [3.63, 3.8) is 0 Å². The summed E-state index contributed by atoms with van der Waals surface area (Å²) in [4.78, 5) is 6.87. The summed E-state index contributed by atoms with van der Waals surface area (Å²) >= 11 is 0. The van der Waals surface area contributed by atoms with E-state index in [-0.39, 0.29) is 0 Å². The van der Waals surface area contributed by atoms with Gasteiger partial charge in [-0.3, -0.25) is 0 Å². The largest absolute Gasteiger partial charge is 0.393 e. The van der Waals surface area contributed by atoms with E-state index in [9.17, 15) is 5.11 Å². The molecule has 0 bridgehead atoms. The van der Waals surface area contributed by atoms with E-state index < -0.39 is 6.10 Å². The van der Waals surface area contributed by atoms with Gasteiger partial charge < -0.3 is 14.5 Å². The van der Waals surface area contributed by atoms with Gasteiger partial charge in [0.25, 0.3) is 0 Å². The lowest BCUT2D eigenvalue weighted by molar-refractivity contribution is 0.148. The van der Waals surface area contributed by atoms with Crippen LogP contribution in [0.4, 0.5) is 0 Å². The maximum absolute atomic E-state index is 9.28. The molecule has 1 fully saturated rings. The van der Waals surface area contributed by atoms with Crippen LogP contribution >= 0.6 is 0 Å². The molecule has 1 aromatic heterocycles. The van der Waals surface area contributed by atoms with Gasteiger partial charge in [-0.1, -0.05) is 5.16 Å². The lowest BCUT2D eigenvalue weighted by Crippen LogP contribution is -2.38. The minimum Gasteiger partial charge on any atom is -0.393 e. The minimum atomic E-state index is -0.428. The fourth-order valence-electron chi connectivity index (χ4n) is 2.64. The van der Waals surface area contributed by atoms with Crippen molar-refractivity contribution in [2.45, 2.75) is 58.6 Å². The molecule has 108 valence electrons. The van der Waals surface area contributed by atoms with Crippen molar-refractivity contribution in [3.05, 3.63) is 11.7 Å². The van der Waals surface area contributed by atoms with Crippen molar-refractivity contribution >= 4 is 0 Å². The van der Waals surface area contributed by atoms with Gasteiger partial charge in [-0.2, -0.15) is 4.98 Å². The van der Waals surface area contributed by atoms with Gasteiger partial charge in [0, 0.05) is 12.5 Å². The Hall–Kier alpha value is -0.940. The Morgan fingerprint density at radius 3 is 2.58 bits per heavy atom. The SMILES string of the molecule is CC(O)Cc1nc(CC2CCN(C(C)C)CC2)no1. The van der Waals surface area contributed by atoms with E-state index in [1.54, 1.807) is 6.92 Å². The third-order valence-corrected chi connectivity index (χ3v) is 3.83. The Labute approximate surface area is 115 Å². The average Bonchev–Trinajstić information content (AvgIpc) is 2.76. The summed E-state index contributed by atoms with van der Waals surface area (Å²) in [6, 6.07) is 0.642. The molecule has 1 aliphatic heterocycles. The van der Waals surface area contributed by atoms with Gasteiger partial charge in [0.1, 0.15) is 0 Å². The third-order valence-electron chi connectivity index (χ3n) is 3.83. The smallest absolute Gasteiger partial charge is 0.229 e. The normalized spacial score (nSPS) is 20.1. The fourth-order valence-corrected chi connectivity index (χ4v) is 2.64. The van der Waals surface area contributed by atoms with Gasteiger partial charge >= 0.3 is 0 Å². The van der Waals surface area contributed by atoms with E-state index in [1.165, 1.54) is 25.9 Å². The van der Waals surface area contributed by atoms with Crippen LogP contribution in [0.5, 0.6) is 0 Å². The van der Waals surface area contributed by atoms with Gasteiger partial charge in [0.2, 0.25) is 5.89 Å². The van der Waals surface area contributed by atoms with Crippen molar-refractivity contribution in [2.75, 3.05) is 13.1 Å². The van der Waals surface area contributed by atoms with Gasteiger partial charge in [-0.25, -0.2) is 0 Å². The highest BCUT2D eigenvalue weighted by Gasteiger charge is 2.22. The molecule has 1 saturated heterocycles. The van der Waals surface area contributed by atoms with Crippen molar-refractivity contribution in [3.8, 4) is 0 Å². The van der Waals surface area contributed by atoms with E-state index in [0.717, 1.165) is 12.2 Å². The predicted molar refractivity (Wildman–Crippen MR) is 72.8 cm³/mol. The summed E-state index contributed by atoms with van der Waals surface area (Å²) < 4.78 is 5.14. The number of hydrogen-bond donors (Lipinski definition) is 1. The summed E-state index contributed by atoms with van der Waals surface area (Å²) in [5, 5.41) is 13.3. The molecule has 2 rings (SSSR count). The molecular formula is C14H25N3O2. The van der Waals surface area contributed by atoms with E-state index in [0.29, 0.717) is 24.3 Å². The quantitative estimate of drug-likeness (QED) is 0.879. The highest BCUT2D eigenvalue weighted by molar-refractivity contribution is 4.91. The van der Waals surface area contributed by atoms with E-state index in [4.69, 9.17) is 4.52 Å². The van der Waals surface area contributed by atoms with Crippen LogP contribution in [0.25, 0.3) is 0 Å². The van der Waals surface area contributed by atoms with Crippen LogP contribution in [-0.2, 0) is 12.8 Å². The van der Waals surface area contributed by atoms with Crippen molar-refractivity contribution in [1.29, 1.82) is 0 Å². The van der Waals surface area contributed by atoms with Crippen LogP contribution in [0.3, 0.4) is 0 Å². The standard InChI is InChI=1S/C14H25N3O2/c1-10(2)17-6-4-12(5-7-17)9-13-15-14(19-16-13)8-11(3)18/h10-12,18H,4-9H2,1-3H3. The Kier molecular flexibility index (Phi) is 4.93. The molecule has 5 nitrogen and oxygen atoms in total. The van der Waals surface area contributed by atoms with E-state index in [2.05, 4.69) is 28.9 Å². The van der Waals surface area contributed by atoms with Crippen LogP contribution in [0.15, 0.2) is 4.52 Å². The number of hydrogen-bond acceptors (Lipinski definition) is 5. The molecule has 0 aliphatic carbocycles. The van der Waals surface area contributed by atoms with Gasteiger partial charge in [-0.05, 0) is 52.6 Å². The Bertz CT molecular complexity index is 382. The highest BCUT2D eigenvalue weighted by atomic mass is 16.5. The van der Waals surface area contributed by atoms with Crippen LogP contribution < -0.4 is 0 Å². The molecule has 1 N–H and O–H groups in total. The second kappa shape index (κ2) is 6.48. The number of rotatable bonds is 5. The molecule has 1 unspecified atom stereocenters. The number of nitrogens with zero attached hydrogens (tertiary/aromatic N) is 3. The van der Waals surface area contributed by atoms with Gasteiger partial charge in [-0.15, -0.1) is 0 Å². The number of aliphatic hydroxyl groups is 1. The molecule has 1 atom stereocenters. The maximum atomic E-state index is 9.28. The molecule has 1 aliphatic rings. The molecular weight excluding hydrogens is 242 g/mol. The second-order valence-electron chi connectivity index (χ2n) is 5.93. The fraction of sp³-hybridized carbons (Fsp3) is 0.857. The zero-order chi connectivity index (χ0) is 13.8. The zero-order valence-corrected chi connectivity index (χ0v) is 12.2. The summed E-state index contributed by atoms with van der Waals surface area (Å²) in [5.41, 5.74) is 0. The first-order chi connectivity index (χ1) is 9.04. The summed E-state index contributed by atoms with van der Waals surface area (Å²) in [6.45, 7) is 8.57. The number of piperidine rings is 1. The molecule has 5 heteroatoms. The van der Waals surface area contributed by atoms with Crippen molar-refractivity contribution in [1.82, 2.24) is 15.0 Å². The maximum Gasteiger partial charge on any atom is 0.229 e. The third kappa shape index (κ3) is 4.28. The van der Waals surface area contributed by atoms with E-state index in [1.807, 2.05) is 0 Å². The topological polar surface area (TPSA) is 62.4 Å². The first kappa shape index (κ1) is 14.5. The molecule has 0 aromatic carbocycles. The Morgan fingerprint density at radius 2 is 2.00 bits per heavy atom. The number of aromatic nitrogens is 2. The molecule has 0 spiro atoms. The lowest BCUT2D eigenvalue weighted by Gasteiger charge is -2.34. The van der Waals surface area contributed by atoms with Gasteiger partial charge in [0.05, 0.1) is 12.5 Å². The second-order valence-corrected chi connectivity index (χ2v) is 5.93. The molecule has 0 amide bonds. The predicted octanol–water partition coefficient (Wildman–Crippen LogP) is 1.66. The summed E-state index contributed by atoms with van der Waals surface area (Å²) in [5.74, 6) is 2.00. The highest BCUT2D eigenvalue weighted by Crippen LogP contribution is 2.21.